The second-order valence-corrected chi connectivity index (χ2v) is 8.61. The minimum atomic E-state index is -0.685. The first-order chi connectivity index (χ1) is 15.4. The van der Waals surface area contributed by atoms with Crippen molar-refractivity contribution in [2.45, 2.75) is 26.8 Å². The van der Waals surface area contributed by atoms with E-state index in [1.807, 2.05) is 66.3 Å². The summed E-state index contributed by atoms with van der Waals surface area (Å²) < 4.78 is 3.95. The molecule has 1 atom stereocenters. The number of aryl methyl sites for hydroxylation is 1. The lowest BCUT2D eigenvalue weighted by Crippen LogP contribution is -2.44. The smallest absolute Gasteiger partial charge is 0.271 e. The Labute approximate surface area is 193 Å². The molecule has 0 saturated carbocycles. The zero-order valence-corrected chi connectivity index (χ0v) is 19.4. The van der Waals surface area contributed by atoms with Gasteiger partial charge in [-0.2, -0.15) is 5.10 Å². The molecule has 32 heavy (non-hydrogen) atoms. The van der Waals surface area contributed by atoms with E-state index in [1.54, 1.807) is 17.6 Å². The van der Waals surface area contributed by atoms with Gasteiger partial charge in [-0.3, -0.25) is 30.1 Å². The van der Waals surface area contributed by atoms with Crippen LogP contribution in [0.15, 0.2) is 53.9 Å². The van der Waals surface area contributed by atoms with Gasteiger partial charge in [0.2, 0.25) is 0 Å². The highest BCUT2D eigenvalue weighted by atomic mass is 32.1. The van der Waals surface area contributed by atoms with E-state index in [0.29, 0.717) is 16.2 Å². The zero-order valence-electron chi connectivity index (χ0n) is 17.7. The predicted molar refractivity (Wildman–Crippen MR) is 126 cm³/mol. The first-order valence-electron chi connectivity index (χ1n) is 9.94. The Balaban J connectivity index is 1.49. The van der Waals surface area contributed by atoms with Gasteiger partial charge in [-0.25, -0.2) is 0 Å². The minimum absolute atomic E-state index is 0.328. The van der Waals surface area contributed by atoms with Crippen molar-refractivity contribution in [3.05, 3.63) is 75.6 Å². The molecular weight excluding hydrogens is 444 g/mol. The van der Waals surface area contributed by atoms with Crippen LogP contribution >= 0.6 is 23.6 Å². The van der Waals surface area contributed by atoms with Crippen molar-refractivity contribution in [3.8, 4) is 16.4 Å². The summed E-state index contributed by atoms with van der Waals surface area (Å²) in [5, 5.41) is 8.90. The Morgan fingerprint density at radius 1 is 1.12 bits per heavy atom. The third kappa shape index (κ3) is 4.02. The molecule has 0 bridgehead atoms. The number of carbonyl (C=O) groups is 2. The van der Waals surface area contributed by atoms with Crippen molar-refractivity contribution < 1.29 is 9.59 Å². The van der Waals surface area contributed by atoms with Gasteiger partial charge in [0, 0.05) is 17.1 Å². The fourth-order valence-electron chi connectivity index (χ4n) is 3.62. The van der Waals surface area contributed by atoms with E-state index in [4.69, 9.17) is 12.2 Å². The molecule has 3 aromatic heterocycles. The van der Waals surface area contributed by atoms with Gasteiger partial charge >= 0.3 is 0 Å². The maximum atomic E-state index is 12.8. The molecule has 3 N–H and O–H groups in total. The number of carbonyl (C=O) groups excluding carboxylic acids is 2. The number of hydrogen-bond acceptors (Lipinski definition) is 5. The van der Waals surface area contributed by atoms with Crippen molar-refractivity contribution in [2.24, 2.45) is 0 Å². The highest BCUT2D eigenvalue weighted by molar-refractivity contribution is 7.71. The molecule has 0 aliphatic carbocycles. The average Bonchev–Trinajstić information content (AvgIpc) is 3.51. The van der Waals surface area contributed by atoms with Crippen LogP contribution in [-0.4, -0.2) is 31.1 Å². The maximum Gasteiger partial charge on any atom is 0.271 e. The standard InChI is InChI=1S/C22H22N6O2S2/c1-13-12-17(14(2)27(13)16-8-5-4-6-9-16)21(30)25-24-20(29)15(3)28-19(23-26-22(28)31)18-10-7-11-32-18/h4-12,15H,1-3H3,(H,24,29)(H,25,30)(H,26,31). The molecule has 0 aliphatic rings. The molecule has 2 amide bonds. The SMILES string of the molecule is Cc1cc(C(=O)NNC(=O)C(C)n2c(-c3cccs3)n[nH]c2=S)c(C)n1-c1ccccc1. The van der Waals surface area contributed by atoms with Crippen molar-refractivity contribution in [1.82, 2.24) is 30.2 Å². The number of amides is 2. The Bertz CT molecular complexity index is 1320. The minimum Gasteiger partial charge on any atom is -0.318 e. The molecule has 8 nitrogen and oxygen atoms in total. The summed E-state index contributed by atoms with van der Waals surface area (Å²) in [5.74, 6) is -0.231. The molecule has 0 fully saturated rings. The molecule has 1 unspecified atom stereocenters. The number of nitrogens with zero attached hydrogens (tertiary/aromatic N) is 3. The molecule has 10 heteroatoms. The van der Waals surface area contributed by atoms with Gasteiger partial charge in [0.1, 0.15) is 6.04 Å². The van der Waals surface area contributed by atoms with Gasteiger partial charge in [-0.1, -0.05) is 24.3 Å². The van der Waals surface area contributed by atoms with Gasteiger partial charge in [0.15, 0.2) is 10.6 Å². The molecule has 3 heterocycles. The quantitative estimate of drug-likeness (QED) is 0.305. The van der Waals surface area contributed by atoms with E-state index >= 15 is 0 Å². The van der Waals surface area contributed by atoms with E-state index in [9.17, 15) is 9.59 Å². The molecule has 1 aromatic carbocycles. The first kappa shape index (κ1) is 21.7. The van der Waals surface area contributed by atoms with Crippen molar-refractivity contribution in [3.63, 3.8) is 0 Å². The highest BCUT2D eigenvalue weighted by Crippen LogP contribution is 2.25. The molecule has 0 spiro atoms. The van der Waals surface area contributed by atoms with Gasteiger partial charge in [-0.15, -0.1) is 11.3 Å². The second-order valence-electron chi connectivity index (χ2n) is 7.27. The number of H-pyrrole nitrogens is 1. The first-order valence-corrected chi connectivity index (χ1v) is 11.2. The van der Waals surface area contributed by atoms with Crippen LogP contribution in [0.1, 0.15) is 34.7 Å². The molecule has 0 radical (unpaired) electrons. The lowest BCUT2D eigenvalue weighted by molar-refractivity contribution is -0.124. The Hall–Kier alpha value is -3.50. The van der Waals surface area contributed by atoms with Gasteiger partial charge < -0.3 is 4.57 Å². The maximum absolute atomic E-state index is 12.8. The number of hydrogen-bond donors (Lipinski definition) is 3. The molecule has 4 rings (SSSR count). The van der Waals surface area contributed by atoms with Crippen molar-refractivity contribution in [1.29, 1.82) is 0 Å². The Morgan fingerprint density at radius 2 is 1.88 bits per heavy atom. The molecular formula is C22H22N6O2S2. The number of benzene rings is 1. The van der Waals surface area contributed by atoms with E-state index in [1.165, 1.54) is 11.3 Å². The van der Waals surface area contributed by atoms with Crippen molar-refractivity contribution >= 4 is 35.4 Å². The van der Waals surface area contributed by atoms with E-state index in [0.717, 1.165) is 22.0 Å². The number of hydrazine groups is 1. The van der Waals surface area contributed by atoms with Crippen LogP contribution < -0.4 is 10.9 Å². The normalized spacial score (nSPS) is 11.8. The lowest BCUT2D eigenvalue weighted by Gasteiger charge is -2.16. The summed E-state index contributed by atoms with van der Waals surface area (Å²) in [6, 6.07) is 14.7. The van der Waals surface area contributed by atoms with Crippen LogP contribution in [0.5, 0.6) is 0 Å². The van der Waals surface area contributed by atoms with Gasteiger partial charge in [0.25, 0.3) is 11.8 Å². The lowest BCUT2D eigenvalue weighted by atomic mass is 10.2. The number of nitrogens with one attached hydrogen (secondary N) is 3. The van der Waals surface area contributed by atoms with Crippen LogP contribution in [0.4, 0.5) is 0 Å². The Morgan fingerprint density at radius 3 is 2.56 bits per heavy atom. The van der Waals surface area contributed by atoms with Gasteiger partial charge in [-0.05, 0) is 62.6 Å². The molecule has 0 aliphatic heterocycles. The number of aromatic nitrogens is 4. The molecule has 4 aromatic rings. The van der Waals surface area contributed by atoms with E-state index < -0.39 is 17.9 Å². The van der Waals surface area contributed by atoms with Gasteiger partial charge in [0.05, 0.1) is 10.4 Å². The molecule has 164 valence electrons. The fourth-order valence-corrected chi connectivity index (χ4v) is 4.62. The zero-order chi connectivity index (χ0) is 22.8. The summed E-state index contributed by atoms with van der Waals surface area (Å²) in [5.41, 5.74) is 8.19. The largest absolute Gasteiger partial charge is 0.318 e. The van der Waals surface area contributed by atoms with Crippen LogP contribution in [-0.2, 0) is 4.79 Å². The number of thiophene rings is 1. The summed E-state index contributed by atoms with van der Waals surface area (Å²) >= 11 is 6.81. The number of aromatic amines is 1. The number of rotatable bonds is 5. The average molecular weight is 467 g/mol. The summed E-state index contributed by atoms with van der Waals surface area (Å²) in [4.78, 5) is 26.5. The predicted octanol–water partition coefficient (Wildman–Crippen LogP) is 4.10. The summed E-state index contributed by atoms with van der Waals surface area (Å²) in [6.45, 7) is 5.51. The fraction of sp³-hybridized carbons (Fsp3) is 0.182. The second kappa shape index (κ2) is 8.93. The van der Waals surface area contributed by atoms with Crippen molar-refractivity contribution in [2.75, 3.05) is 0 Å². The van der Waals surface area contributed by atoms with Crippen LogP contribution in [0.25, 0.3) is 16.4 Å². The topological polar surface area (TPSA) is 96.7 Å². The van der Waals surface area contributed by atoms with Crippen LogP contribution in [0.2, 0.25) is 0 Å². The highest BCUT2D eigenvalue weighted by Gasteiger charge is 2.23. The van der Waals surface area contributed by atoms with E-state index in [2.05, 4.69) is 21.0 Å². The van der Waals surface area contributed by atoms with E-state index in [-0.39, 0.29) is 0 Å². The third-order valence-electron chi connectivity index (χ3n) is 5.20. The van der Waals surface area contributed by atoms with Crippen LogP contribution in [0.3, 0.4) is 0 Å². The molecule has 0 saturated heterocycles. The van der Waals surface area contributed by atoms with Crippen LogP contribution in [0, 0.1) is 18.6 Å². The Kier molecular flexibility index (Phi) is 6.06. The summed E-state index contributed by atoms with van der Waals surface area (Å²) in [7, 11) is 0. The monoisotopic (exact) mass is 466 g/mol. The summed E-state index contributed by atoms with van der Waals surface area (Å²) in [6.07, 6.45) is 0. The third-order valence-corrected chi connectivity index (χ3v) is 6.36. The number of para-hydroxylation sites is 1.